The molecule has 0 aliphatic carbocycles. The van der Waals surface area contributed by atoms with Crippen LogP contribution in [-0.2, 0) is 30.6 Å². The van der Waals surface area contributed by atoms with E-state index in [4.69, 9.17) is 23.2 Å². The van der Waals surface area contributed by atoms with Crippen molar-refractivity contribution >= 4 is 60.9 Å². The first-order valence-corrected chi connectivity index (χ1v) is 16.8. The number of nitrogens with one attached hydrogen (secondary N) is 1. The lowest BCUT2D eigenvalue weighted by atomic mass is 10.2. The summed E-state index contributed by atoms with van der Waals surface area (Å²) in [6, 6.07) is 19.7. The number of amides is 1. The van der Waals surface area contributed by atoms with Gasteiger partial charge in [-0.3, -0.25) is 4.79 Å². The van der Waals surface area contributed by atoms with Gasteiger partial charge in [0.05, 0.1) is 9.79 Å². The summed E-state index contributed by atoms with van der Waals surface area (Å²) in [7, 11) is -7.97. The molecule has 1 aliphatic rings. The summed E-state index contributed by atoms with van der Waals surface area (Å²) in [6.07, 6.45) is 0. The highest BCUT2D eigenvalue weighted by molar-refractivity contribution is 7.98. The van der Waals surface area contributed by atoms with Gasteiger partial charge in [0.25, 0.3) is 0 Å². The zero-order chi connectivity index (χ0) is 28.0. The van der Waals surface area contributed by atoms with Gasteiger partial charge in [0.1, 0.15) is 6.04 Å². The van der Waals surface area contributed by atoms with Gasteiger partial charge in [-0.05, 0) is 42.0 Å². The molecule has 1 unspecified atom stereocenters. The lowest BCUT2D eigenvalue weighted by Crippen LogP contribution is -2.61. The van der Waals surface area contributed by atoms with Crippen LogP contribution in [0, 0.1) is 0 Å². The van der Waals surface area contributed by atoms with E-state index in [9.17, 15) is 21.6 Å². The van der Waals surface area contributed by atoms with E-state index in [1.807, 2.05) is 6.07 Å². The maximum atomic E-state index is 13.5. The van der Waals surface area contributed by atoms with Crippen molar-refractivity contribution < 1.29 is 21.6 Å². The predicted molar refractivity (Wildman–Crippen MR) is 155 cm³/mol. The molecule has 4 rings (SSSR count). The lowest BCUT2D eigenvalue weighted by molar-refractivity contribution is -0.125. The zero-order valence-electron chi connectivity index (χ0n) is 20.7. The van der Waals surface area contributed by atoms with E-state index in [-0.39, 0.29) is 36.0 Å². The Hall–Kier alpha value is -2.12. The SMILES string of the molecule is O=C(NCCSCc1ccc(Cl)cc1Cl)C1CN(S(=O)(=O)c2ccccc2)CCN1S(=O)(=O)c1ccccc1. The average molecular weight is 629 g/mol. The fraction of sp³-hybridized carbons (Fsp3) is 0.269. The molecular formula is C26H27Cl2N3O5S3. The van der Waals surface area contributed by atoms with E-state index < -0.39 is 32.0 Å². The number of halogens is 2. The van der Waals surface area contributed by atoms with Gasteiger partial charge in [0.2, 0.25) is 26.0 Å². The first-order valence-electron chi connectivity index (χ1n) is 12.0. The molecule has 3 aromatic rings. The summed E-state index contributed by atoms with van der Waals surface area (Å²) in [5, 5.41) is 3.89. The molecule has 39 heavy (non-hydrogen) atoms. The van der Waals surface area contributed by atoms with E-state index in [0.29, 0.717) is 21.6 Å². The van der Waals surface area contributed by atoms with Gasteiger partial charge >= 0.3 is 0 Å². The molecule has 1 atom stereocenters. The Morgan fingerprint density at radius 2 is 1.49 bits per heavy atom. The van der Waals surface area contributed by atoms with E-state index in [1.54, 1.807) is 48.5 Å². The van der Waals surface area contributed by atoms with Crippen LogP contribution in [0.15, 0.2) is 88.7 Å². The number of thioether (sulfide) groups is 1. The fourth-order valence-electron chi connectivity index (χ4n) is 4.12. The average Bonchev–Trinajstić information content (AvgIpc) is 2.94. The quantitative estimate of drug-likeness (QED) is 0.339. The molecule has 0 aromatic heterocycles. The van der Waals surface area contributed by atoms with Crippen molar-refractivity contribution in [2.24, 2.45) is 0 Å². The van der Waals surface area contributed by atoms with E-state index in [0.717, 1.165) is 9.87 Å². The number of benzene rings is 3. The monoisotopic (exact) mass is 627 g/mol. The summed E-state index contributed by atoms with van der Waals surface area (Å²) in [5.74, 6) is 0.578. The van der Waals surface area contributed by atoms with Gasteiger partial charge < -0.3 is 5.32 Å². The molecule has 1 saturated heterocycles. The van der Waals surface area contributed by atoms with Crippen LogP contribution in [0.4, 0.5) is 0 Å². The number of piperazine rings is 1. The third kappa shape index (κ3) is 7.15. The largest absolute Gasteiger partial charge is 0.354 e. The molecule has 1 aliphatic heterocycles. The van der Waals surface area contributed by atoms with Crippen molar-refractivity contribution in [1.29, 1.82) is 0 Å². The van der Waals surface area contributed by atoms with Crippen molar-refractivity contribution in [1.82, 2.24) is 13.9 Å². The van der Waals surface area contributed by atoms with E-state index in [2.05, 4.69) is 5.32 Å². The molecule has 1 fully saturated rings. The Balaban J connectivity index is 1.47. The first-order chi connectivity index (χ1) is 18.6. The maximum Gasteiger partial charge on any atom is 0.243 e. The van der Waals surface area contributed by atoms with Gasteiger partial charge in [-0.25, -0.2) is 16.8 Å². The number of nitrogens with zero attached hydrogens (tertiary/aromatic N) is 2. The Morgan fingerprint density at radius 3 is 2.10 bits per heavy atom. The molecule has 0 spiro atoms. The zero-order valence-corrected chi connectivity index (χ0v) is 24.7. The highest BCUT2D eigenvalue weighted by Crippen LogP contribution is 2.26. The molecular weight excluding hydrogens is 601 g/mol. The van der Waals surface area contributed by atoms with Gasteiger partial charge in [0, 0.05) is 47.7 Å². The predicted octanol–water partition coefficient (Wildman–Crippen LogP) is 4.11. The third-order valence-electron chi connectivity index (χ3n) is 6.15. The number of sulfonamides is 2. The summed E-state index contributed by atoms with van der Waals surface area (Å²) >= 11 is 13.7. The number of carbonyl (C=O) groups is 1. The summed E-state index contributed by atoms with van der Waals surface area (Å²) in [6.45, 7) is -0.283. The first kappa shape index (κ1) is 29.9. The Labute approximate surface area is 243 Å². The Kier molecular flexibility index (Phi) is 9.97. The van der Waals surface area contributed by atoms with Crippen molar-refractivity contribution in [2.45, 2.75) is 21.6 Å². The number of carbonyl (C=O) groups excluding carboxylic acids is 1. The fourth-order valence-corrected chi connectivity index (χ4v) is 8.58. The molecule has 0 saturated carbocycles. The van der Waals surface area contributed by atoms with Gasteiger partial charge in [0.15, 0.2) is 0 Å². The number of hydrogen-bond donors (Lipinski definition) is 1. The van der Waals surface area contributed by atoms with Crippen LogP contribution in [0.5, 0.6) is 0 Å². The van der Waals surface area contributed by atoms with Gasteiger partial charge in [-0.1, -0.05) is 65.7 Å². The standard InChI is InChI=1S/C26H27Cl2N3O5S3/c27-21-12-11-20(24(28)17-21)19-37-16-13-29-26(32)25-18-30(38(33,34)22-7-3-1-4-8-22)14-15-31(25)39(35,36)23-9-5-2-6-10-23/h1-12,17,25H,13-16,18-19H2,(H,29,32). The van der Waals surface area contributed by atoms with Crippen molar-refractivity contribution in [3.8, 4) is 0 Å². The highest BCUT2D eigenvalue weighted by Gasteiger charge is 2.43. The van der Waals surface area contributed by atoms with Crippen LogP contribution in [0.2, 0.25) is 10.0 Å². The second-order valence-electron chi connectivity index (χ2n) is 8.70. The smallest absolute Gasteiger partial charge is 0.243 e. The minimum Gasteiger partial charge on any atom is -0.354 e. The van der Waals surface area contributed by atoms with E-state index in [1.165, 1.54) is 40.3 Å². The molecule has 1 N–H and O–H groups in total. The second kappa shape index (κ2) is 13.0. The normalized spacial score (nSPS) is 17.1. The molecule has 1 amide bonds. The molecule has 8 nitrogen and oxygen atoms in total. The number of rotatable bonds is 10. The third-order valence-corrected chi connectivity index (χ3v) is 11.5. The van der Waals surface area contributed by atoms with Crippen LogP contribution in [0.1, 0.15) is 5.56 Å². The molecule has 13 heteroatoms. The maximum absolute atomic E-state index is 13.5. The molecule has 0 bridgehead atoms. The number of hydrogen-bond acceptors (Lipinski definition) is 6. The van der Waals surface area contributed by atoms with Crippen molar-refractivity contribution in [2.75, 3.05) is 31.9 Å². The van der Waals surface area contributed by atoms with Crippen LogP contribution in [-0.4, -0.2) is 69.3 Å². The molecule has 3 aromatic carbocycles. The minimum atomic E-state index is -4.05. The summed E-state index contributed by atoms with van der Waals surface area (Å²) in [4.78, 5) is 13.5. The molecule has 0 radical (unpaired) electrons. The molecule has 1 heterocycles. The van der Waals surface area contributed by atoms with Crippen LogP contribution < -0.4 is 5.32 Å². The highest BCUT2D eigenvalue weighted by atomic mass is 35.5. The second-order valence-corrected chi connectivity index (χ2v) is 14.5. The van der Waals surface area contributed by atoms with Crippen LogP contribution in [0.25, 0.3) is 0 Å². The summed E-state index contributed by atoms with van der Waals surface area (Å²) in [5.41, 5.74) is 0.909. The Bertz CT molecular complexity index is 1510. The van der Waals surface area contributed by atoms with Crippen LogP contribution in [0.3, 0.4) is 0 Å². The van der Waals surface area contributed by atoms with Crippen LogP contribution >= 0.6 is 35.0 Å². The Morgan fingerprint density at radius 1 is 0.872 bits per heavy atom. The van der Waals surface area contributed by atoms with Crippen molar-refractivity contribution in [3.63, 3.8) is 0 Å². The lowest BCUT2D eigenvalue weighted by Gasteiger charge is -2.38. The van der Waals surface area contributed by atoms with Crippen molar-refractivity contribution in [3.05, 3.63) is 94.5 Å². The minimum absolute atomic E-state index is 0.0394. The van der Waals surface area contributed by atoms with E-state index >= 15 is 0 Å². The topological polar surface area (TPSA) is 104 Å². The summed E-state index contributed by atoms with van der Waals surface area (Å²) < 4.78 is 55.7. The van der Waals surface area contributed by atoms with Gasteiger partial charge in [-0.15, -0.1) is 0 Å². The van der Waals surface area contributed by atoms with Gasteiger partial charge in [-0.2, -0.15) is 20.4 Å². The molecule has 208 valence electrons.